The summed E-state index contributed by atoms with van der Waals surface area (Å²) in [6, 6.07) is 40.9. The Balaban J connectivity index is 1.11. The van der Waals surface area contributed by atoms with Crippen LogP contribution in [0.3, 0.4) is 0 Å². The van der Waals surface area contributed by atoms with Crippen LogP contribution in [-0.2, 0) is 14.2 Å². The number of imide groups is 1. The van der Waals surface area contributed by atoms with Gasteiger partial charge in [-0.1, -0.05) is 72.8 Å². The van der Waals surface area contributed by atoms with E-state index in [2.05, 4.69) is 23.5 Å². The zero-order valence-electron chi connectivity index (χ0n) is 31.6. The monoisotopic (exact) mass is 744 g/mol. The number of phenols is 1. The quantitative estimate of drug-likeness (QED) is 0.0536. The van der Waals surface area contributed by atoms with Crippen molar-refractivity contribution in [3.05, 3.63) is 161 Å². The predicted molar refractivity (Wildman–Crippen MR) is 221 cm³/mol. The van der Waals surface area contributed by atoms with Crippen molar-refractivity contribution in [2.45, 2.75) is 45.5 Å². The molecule has 2 saturated heterocycles. The average molecular weight is 745 g/mol. The van der Waals surface area contributed by atoms with Crippen LogP contribution in [-0.4, -0.2) is 41.8 Å². The Morgan fingerprint density at radius 1 is 0.839 bits per heavy atom. The summed E-state index contributed by atoms with van der Waals surface area (Å²) in [6.07, 6.45) is 3.36. The molecule has 0 bridgehead atoms. The van der Waals surface area contributed by atoms with Crippen LogP contribution in [0.2, 0.25) is 6.32 Å². The summed E-state index contributed by atoms with van der Waals surface area (Å²) >= 11 is 0. The first kappa shape index (κ1) is 37.0. The van der Waals surface area contributed by atoms with Crippen LogP contribution in [0.1, 0.15) is 41.5 Å². The Morgan fingerprint density at radius 2 is 1.46 bits per heavy atom. The summed E-state index contributed by atoms with van der Waals surface area (Å²) in [7, 11) is -1.10. The van der Waals surface area contributed by atoms with Gasteiger partial charge in [-0.3, -0.25) is 14.5 Å². The number of aromatic hydroxyl groups is 1. The number of para-hydroxylation sites is 2. The molecule has 0 unspecified atom stereocenters. The molecule has 2 amide bonds. The molecule has 1 aliphatic carbocycles. The van der Waals surface area contributed by atoms with E-state index in [1.54, 1.807) is 0 Å². The zero-order valence-corrected chi connectivity index (χ0v) is 31.6. The highest BCUT2D eigenvalue weighted by Gasteiger charge is 2.57. The van der Waals surface area contributed by atoms with Gasteiger partial charge < -0.3 is 24.8 Å². The molecule has 8 rings (SSSR count). The minimum absolute atomic E-state index is 0.210. The normalized spacial score (nSPS) is 20.9. The van der Waals surface area contributed by atoms with Gasteiger partial charge >= 0.3 is 7.12 Å². The standard InChI is InChI=1S/C47H45BN2O6/c1-30-24-32(25-31(2)45(30)51)26-34(33-12-6-3-7-13-33)18-23-42-43-35(29-55-39-16-10-5-11-17-39)27-40-44(41(43)28-48(54)56-42)47(53)50(46(40)52)38-21-19-37(20-22-38)49-36-14-8-4-9-15-36/h3-17,19-22,24-26,40-42,44,49,51,54H,18,23,27-29H2,1-2H3/b34-26-/t40-,41+,42-,44-/m1/s1. The Labute approximate surface area is 328 Å². The third-order valence-electron chi connectivity index (χ3n) is 11.3. The van der Waals surface area contributed by atoms with E-state index in [1.165, 1.54) is 4.90 Å². The maximum atomic E-state index is 14.5. The molecule has 8 nitrogen and oxygen atoms in total. The summed E-state index contributed by atoms with van der Waals surface area (Å²) in [5.74, 6) is -1.09. The number of anilines is 3. The lowest BCUT2D eigenvalue weighted by Gasteiger charge is -2.43. The summed E-state index contributed by atoms with van der Waals surface area (Å²) in [4.78, 5) is 30.1. The minimum atomic E-state index is -1.10. The number of benzene rings is 5. The maximum absolute atomic E-state index is 14.5. The number of aryl methyl sites for hydroxylation is 2. The van der Waals surface area contributed by atoms with Crippen LogP contribution in [0.4, 0.5) is 17.1 Å². The number of allylic oxidation sites excluding steroid dienone is 1. The first-order valence-electron chi connectivity index (χ1n) is 19.3. The molecule has 5 aromatic rings. The van der Waals surface area contributed by atoms with Gasteiger partial charge in [0.25, 0.3) is 0 Å². The fourth-order valence-electron chi connectivity index (χ4n) is 8.73. The van der Waals surface area contributed by atoms with Crippen molar-refractivity contribution in [1.82, 2.24) is 0 Å². The highest BCUT2D eigenvalue weighted by molar-refractivity contribution is 6.43. The third kappa shape index (κ3) is 7.65. The fraction of sp³-hybridized carbons (Fsp3) is 0.234. The van der Waals surface area contributed by atoms with Gasteiger partial charge in [0.05, 0.1) is 23.6 Å². The topological polar surface area (TPSA) is 108 Å². The molecule has 0 spiro atoms. The van der Waals surface area contributed by atoms with Gasteiger partial charge in [0.1, 0.15) is 18.1 Å². The molecular formula is C47H45BN2O6. The summed E-state index contributed by atoms with van der Waals surface area (Å²) in [6.45, 7) is 4.04. The van der Waals surface area contributed by atoms with Gasteiger partial charge in [-0.25, -0.2) is 0 Å². The van der Waals surface area contributed by atoms with E-state index in [0.29, 0.717) is 36.4 Å². The molecule has 0 saturated carbocycles. The summed E-state index contributed by atoms with van der Waals surface area (Å²) in [5.41, 5.74) is 8.94. The molecule has 2 heterocycles. The van der Waals surface area contributed by atoms with Crippen molar-refractivity contribution in [3.63, 3.8) is 0 Å². The maximum Gasteiger partial charge on any atom is 0.455 e. The number of fused-ring (bicyclic) bond motifs is 3. The average Bonchev–Trinajstić information content (AvgIpc) is 3.47. The van der Waals surface area contributed by atoms with Crippen molar-refractivity contribution in [1.29, 1.82) is 0 Å². The molecule has 3 N–H and O–H groups in total. The number of rotatable bonds is 11. The minimum Gasteiger partial charge on any atom is -0.507 e. The Hall–Kier alpha value is -5.90. The molecule has 4 atom stereocenters. The first-order chi connectivity index (χ1) is 27.2. The van der Waals surface area contributed by atoms with Gasteiger partial charge in [-0.05, 0) is 145 Å². The third-order valence-corrected chi connectivity index (χ3v) is 11.3. The molecule has 2 aliphatic heterocycles. The second-order valence-corrected chi connectivity index (χ2v) is 15.0. The van der Waals surface area contributed by atoms with Gasteiger partial charge in [0.2, 0.25) is 11.8 Å². The van der Waals surface area contributed by atoms with Gasteiger partial charge in [-0.15, -0.1) is 0 Å². The number of carbonyl (C=O) groups excluding carboxylic acids is 2. The molecular weight excluding hydrogens is 699 g/mol. The van der Waals surface area contributed by atoms with Crippen molar-refractivity contribution in [2.75, 3.05) is 16.8 Å². The van der Waals surface area contributed by atoms with E-state index in [1.807, 2.05) is 129 Å². The number of carbonyl (C=O) groups is 2. The number of nitrogens with one attached hydrogen (secondary N) is 1. The lowest BCUT2D eigenvalue weighted by Crippen LogP contribution is -2.46. The van der Waals surface area contributed by atoms with E-state index < -0.39 is 31.0 Å². The van der Waals surface area contributed by atoms with E-state index >= 15 is 0 Å². The number of amides is 2. The highest BCUT2D eigenvalue weighted by Crippen LogP contribution is 2.51. The lowest BCUT2D eigenvalue weighted by atomic mass is 9.58. The lowest BCUT2D eigenvalue weighted by molar-refractivity contribution is -0.122. The Bertz CT molecular complexity index is 2250. The van der Waals surface area contributed by atoms with Crippen molar-refractivity contribution in [2.24, 2.45) is 17.8 Å². The SMILES string of the molecule is Cc1cc(/C=C(/CC[C@H]2OB(O)C[C@H]3C2=C(COc2ccccc2)C[C@H]2C(=O)N(c4ccc(Nc5ccccc5)cc4)C(=O)[C@H]23)c2ccccc2)cc(C)c1O. The van der Waals surface area contributed by atoms with Crippen LogP contribution < -0.4 is 15.0 Å². The van der Waals surface area contributed by atoms with Crippen LogP contribution in [0, 0.1) is 31.6 Å². The molecule has 2 fully saturated rings. The van der Waals surface area contributed by atoms with Crippen molar-refractivity contribution in [3.8, 4) is 11.5 Å². The van der Waals surface area contributed by atoms with Crippen LogP contribution >= 0.6 is 0 Å². The van der Waals surface area contributed by atoms with Crippen LogP contribution in [0.15, 0.2) is 139 Å². The molecule has 9 heteroatoms. The highest BCUT2D eigenvalue weighted by atomic mass is 16.5. The number of ether oxygens (including phenoxy) is 1. The van der Waals surface area contributed by atoms with Crippen molar-refractivity contribution >= 4 is 47.6 Å². The smallest absolute Gasteiger partial charge is 0.455 e. The zero-order chi connectivity index (χ0) is 38.8. The predicted octanol–water partition coefficient (Wildman–Crippen LogP) is 9.15. The van der Waals surface area contributed by atoms with E-state index in [4.69, 9.17) is 9.39 Å². The summed E-state index contributed by atoms with van der Waals surface area (Å²) < 4.78 is 12.7. The number of nitrogens with zero attached hydrogens (tertiary/aromatic N) is 1. The molecule has 3 aliphatic rings. The van der Waals surface area contributed by atoms with Gasteiger partial charge in [-0.2, -0.15) is 0 Å². The fourth-order valence-corrected chi connectivity index (χ4v) is 8.73. The van der Waals surface area contributed by atoms with Gasteiger partial charge in [0, 0.05) is 11.4 Å². The van der Waals surface area contributed by atoms with E-state index in [9.17, 15) is 19.7 Å². The van der Waals surface area contributed by atoms with Crippen molar-refractivity contribution < 1.29 is 29.1 Å². The largest absolute Gasteiger partial charge is 0.507 e. The number of hydrogen-bond acceptors (Lipinski definition) is 7. The summed E-state index contributed by atoms with van der Waals surface area (Å²) in [5, 5.41) is 25.1. The van der Waals surface area contributed by atoms with Crippen LogP contribution in [0.25, 0.3) is 11.6 Å². The number of phenolic OH excluding ortho intramolecular Hbond substituents is 1. The Morgan fingerprint density at radius 3 is 2.14 bits per heavy atom. The second-order valence-electron chi connectivity index (χ2n) is 15.0. The molecule has 5 aromatic carbocycles. The van der Waals surface area contributed by atoms with E-state index in [-0.39, 0.29) is 24.7 Å². The van der Waals surface area contributed by atoms with Gasteiger partial charge in [0.15, 0.2) is 0 Å². The van der Waals surface area contributed by atoms with E-state index in [0.717, 1.165) is 50.3 Å². The van der Waals surface area contributed by atoms with Crippen LogP contribution in [0.5, 0.6) is 11.5 Å². The molecule has 0 aromatic heterocycles. The Kier molecular flexibility index (Phi) is 10.6. The molecule has 56 heavy (non-hydrogen) atoms. The molecule has 282 valence electrons. The molecule has 0 radical (unpaired) electrons. The number of hydrogen-bond donors (Lipinski definition) is 3. The second kappa shape index (κ2) is 16.1. The first-order valence-corrected chi connectivity index (χ1v) is 19.3.